The molecule has 0 bridgehead atoms. The van der Waals surface area contributed by atoms with Crippen LogP contribution in [-0.4, -0.2) is 34.7 Å². The second-order valence-corrected chi connectivity index (χ2v) is 8.83. The van der Waals surface area contributed by atoms with Gasteiger partial charge in [-0.3, -0.25) is 0 Å². The van der Waals surface area contributed by atoms with E-state index in [0.717, 1.165) is 28.7 Å². The van der Waals surface area contributed by atoms with Crippen LogP contribution in [0, 0.1) is 0 Å². The topological polar surface area (TPSA) is 85.2 Å². The van der Waals surface area contributed by atoms with E-state index in [2.05, 4.69) is 89.0 Å². The minimum Gasteiger partial charge on any atom is -0.361 e. The van der Waals surface area contributed by atoms with Gasteiger partial charge in [0.15, 0.2) is 22.1 Å². The first-order valence-corrected chi connectivity index (χ1v) is 11.4. The standard InChI is InChI=1S/C12H14N6S.C11H13N.H2/c1-4-18-10-9(15-8(5-13-10)7(2)3)16-11(18)12-17-14-6-19-12;1-8(2)10-4-3-9-5-6-12-11(9)7-10;/h5-7H,4H2,1-3H3;3-8,12H,1-2H3;1H. The number of aromatic nitrogens is 7. The lowest BCUT2D eigenvalue weighted by Gasteiger charge is -2.04. The summed E-state index contributed by atoms with van der Waals surface area (Å²) in [7, 11) is 0. The number of hydrogen-bond donors (Lipinski definition) is 1. The van der Waals surface area contributed by atoms with Crippen molar-refractivity contribution in [3.05, 3.63) is 53.4 Å². The molecule has 0 fully saturated rings. The first-order chi connectivity index (χ1) is 15.0. The first kappa shape index (κ1) is 21.1. The summed E-state index contributed by atoms with van der Waals surface area (Å²) in [6.45, 7) is 11.5. The lowest BCUT2D eigenvalue weighted by atomic mass is 10.0. The lowest BCUT2D eigenvalue weighted by Crippen LogP contribution is -2.00. The van der Waals surface area contributed by atoms with Gasteiger partial charge in [0, 0.05) is 19.7 Å². The van der Waals surface area contributed by atoms with Crippen molar-refractivity contribution in [3.8, 4) is 10.8 Å². The Morgan fingerprint density at radius 1 is 1.10 bits per heavy atom. The summed E-state index contributed by atoms with van der Waals surface area (Å²) in [6, 6.07) is 8.68. The highest BCUT2D eigenvalue weighted by Crippen LogP contribution is 2.24. The Bertz CT molecular complexity index is 1290. The summed E-state index contributed by atoms with van der Waals surface area (Å²) in [5, 5.41) is 10.0. The van der Waals surface area contributed by atoms with Crippen molar-refractivity contribution >= 4 is 33.5 Å². The van der Waals surface area contributed by atoms with Crippen LogP contribution in [0.1, 0.15) is 59.1 Å². The summed E-state index contributed by atoms with van der Waals surface area (Å²) < 4.78 is 2.02. The number of hydrogen-bond acceptors (Lipinski definition) is 6. The molecule has 0 unspecified atom stereocenters. The zero-order valence-corrected chi connectivity index (χ0v) is 19.3. The lowest BCUT2D eigenvalue weighted by molar-refractivity contribution is 0.779. The van der Waals surface area contributed by atoms with Crippen molar-refractivity contribution in [1.82, 2.24) is 34.7 Å². The number of nitrogens with zero attached hydrogens (tertiary/aromatic N) is 6. The molecule has 0 amide bonds. The van der Waals surface area contributed by atoms with E-state index in [1.165, 1.54) is 27.8 Å². The summed E-state index contributed by atoms with van der Waals surface area (Å²) in [5.74, 6) is 1.74. The van der Waals surface area contributed by atoms with E-state index in [1.54, 1.807) is 5.51 Å². The molecule has 0 spiro atoms. The molecule has 31 heavy (non-hydrogen) atoms. The van der Waals surface area contributed by atoms with Crippen LogP contribution in [-0.2, 0) is 6.54 Å². The van der Waals surface area contributed by atoms with Crippen molar-refractivity contribution in [1.29, 1.82) is 0 Å². The number of rotatable bonds is 4. The Hall–Kier alpha value is -3.13. The van der Waals surface area contributed by atoms with Crippen molar-refractivity contribution in [2.75, 3.05) is 0 Å². The maximum absolute atomic E-state index is 4.58. The molecule has 8 heteroatoms. The van der Waals surface area contributed by atoms with Gasteiger partial charge in [0.2, 0.25) is 0 Å². The van der Waals surface area contributed by atoms with Crippen LogP contribution < -0.4 is 0 Å². The molecule has 7 nitrogen and oxygen atoms in total. The molecule has 0 aliphatic heterocycles. The third-order valence-corrected chi connectivity index (χ3v) is 5.87. The number of nitrogens with one attached hydrogen (secondary N) is 1. The van der Waals surface area contributed by atoms with Gasteiger partial charge >= 0.3 is 0 Å². The van der Waals surface area contributed by atoms with Crippen molar-refractivity contribution in [3.63, 3.8) is 0 Å². The molecule has 5 rings (SSSR count). The van der Waals surface area contributed by atoms with E-state index < -0.39 is 0 Å². The Balaban J connectivity index is 0.000000193. The minimum absolute atomic E-state index is 0. The fourth-order valence-electron chi connectivity index (χ4n) is 3.35. The number of benzene rings is 1. The smallest absolute Gasteiger partial charge is 0.198 e. The molecule has 0 saturated carbocycles. The molecular weight excluding hydrogens is 406 g/mol. The molecule has 0 aliphatic rings. The maximum Gasteiger partial charge on any atom is 0.198 e. The van der Waals surface area contributed by atoms with Crippen molar-refractivity contribution in [2.24, 2.45) is 0 Å². The van der Waals surface area contributed by atoms with Gasteiger partial charge in [-0.25, -0.2) is 15.0 Å². The zero-order chi connectivity index (χ0) is 22.0. The molecule has 4 heterocycles. The Kier molecular flexibility index (Phi) is 6.08. The third kappa shape index (κ3) is 4.34. The van der Waals surface area contributed by atoms with Crippen LogP contribution in [0.15, 0.2) is 42.2 Å². The number of imidazole rings is 1. The molecule has 1 N–H and O–H groups in total. The van der Waals surface area contributed by atoms with Gasteiger partial charge in [-0.2, -0.15) is 0 Å². The largest absolute Gasteiger partial charge is 0.361 e. The van der Waals surface area contributed by atoms with Gasteiger partial charge in [0.25, 0.3) is 0 Å². The Morgan fingerprint density at radius 3 is 2.61 bits per heavy atom. The van der Waals surface area contributed by atoms with Crippen molar-refractivity contribution < 1.29 is 1.43 Å². The summed E-state index contributed by atoms with van der Waals surface area (Å²) >= 11 is 1.47. The van der Waals surface area contributed by atoms with E-state index in [4.69, 9.17) is 0 Å². The van der Waals surface area contributed by atoms with Crippen molar-refractivity contribution in [2.45, 2.75) is 53.0 Å². The van der Waals surface area contributed by atoms with Gasteiger partial charge in [-0.1, -0.05) is 51.2 Å². The van der Waals surface area contributed by atoms with Crippen LogP contribution in [0.25, 0.3) is 33.0 Å². The van der Waals surface area contributed by atoms with Crippen LogP contribution in [0.5, 0.6) is 0 Å². The average molecular weight is 436 g/mol. The fraction of sp³-hybridized carbons (Fsp3) is 0.348. The number of H-pyrrole nitrogens is 1. The summed E-state index contributed by atoms with van der Waals surface area (Å²) in [4.78, 5) is 16.9. The maximum atomic E-state index is 4.58. The van der Waals surface area contributed by atoms with Gasteiger partial charge in [0.05, 0.1) is 11.9 Å². The quantitative estimate of drug-likeness (QED) is 0.373. The van der Waals surface area contributed by atoms with E-state index in [-0.39, 0.29) is 1.43 Å². The molecule has 4 aromatic heterocycles. The molecule has 5 aromatic rings. The van der Waals surface area contributed by atoms with Gasteiger partial charge in [-0.05, 0) is 41.8 Å². The monoisotopic (exact) mass is 435 g/mol. The van der Waals surface area contributed by atoms with E-state index >= 15 is 0 Å². The highest BCUT2D eigenvalue weighted by atomic mass is 32.1. The Labute approximate surface area is 187 Å². The molecule has 0 radical (unpaired) electrons. The molecule has 162 valence electrons. The van der Waals surface area contributed by atoms with Gasteiger partial charge in [0.1, 0.15) is 5.51 Å². The summed E-state index contributed by atoms with van der Waals surface area (Å²) in [5.41, 5.74) is 6.77. The number of aromatic amines is 1. The Morgan fingerprint density at radius 2 is 1.94 bits per heavy atom. The summed E-state index contributed by atoms with van der Waals surface area (Å²) in [6.07, 6.45) is 3.81. The number of aryl methyl sites for hydroxylation is 1. The van der Waals surface area contributed by atoms with Gasteiger partial charge < -0.3 is 9.55 Å². The zero-order valence-electron chi connectivity index (χ0n) is 18.5. The molecule has 0 aliphatic carbocycles. The molecule has 1 aromatic carbocycles. The second kappa shape index (κ2) is 8.93. The predicted molar refractivity (Wildman–Crippen MR) is 128 cm³/mol. The number of fused-ring (bicyclic) bond motifs is 2. The van der Waals surface area contributed by atoms with Crippen LogP contribution in [0.3, 0.4) is 0 Å². The molecular formula is C23H29N7S. The second-order valence-electron chi connectivity index (χ2n) is 8.00. The average Bonchev–Trinajstić information content (AvgIpc) is 3.51. The first-order valence-electron chi connectivity index (χ1n) is 10.5. The molecule has 0 saturated heterocycles. The fourth-order valence-corrected chi connectivity index (χ4v) is 3.90. The van der Waals surface area contributed by atoms with Crippen LogP contribution in [0.2, 0.25) is 0 Å². The molecule has 0 atom stereocenters. The van der Waals surface area contributed by atoms with E-state index in [9.17, 15) is 0 Å². The van der Waals surface area contributed by atoms with Gasteiger partial charge in [-0.15, -0.1) is 10.2 Å². The van der Waals surface area contributed by atoms with Crippen LogP contribution >= 0.6 is 11.3 Å². The van der Waals surface area contributed by atoms with E-state index in [0.29, 0.717) is 17.5 Å². The SMILES string of the molecule is CC(C)c1ccc2cc[nH]c2c1.CCn1c(-c2nncs2)nc2nc(C(C)C)cnc21.[HH]. The van der Waals surface area contributed by atoms with E-state index in [1.807, 2.05) is 17.0 Å². The van der Waals surface area contributed by atoms with Crippen LogP contribution in [0.4, 0.5) is 0 Å². The minimum atomic E-state index is 0. The third-order valence-electron chi connectivity index (χ3n) is 5.18. The highest BCUT2D eigenvalue weighted by Gasteiger charge is 2.17. The highest BCUT2D eigenvalue weighted by molar-refractivity contribution is 7.12. The normalized spacial score (nSPS) is 11.5. The predicted octanol–water partition coefficient (Wildman–Crippen LogP) is 6.03.